The molecule has 0 aromatic heterocycles. The predicted molar refractivity (Wildman–Crippen MR) is 98.6 cm³/mol. The van der Waals surface area contributed by atoms with E-state index in [0.29, 0.717) is 25.1 Å². The fourth-order valence-corrected chi connectivity index (χ4v) is 1.88. The number of guanidine groups is 1. The Morgan fingerprint density at radius 3 is 2.17 bits per heavy atom. The maximum Gasteiger partial charge on any atom is 0.191 e. The van der Waals surface area contributed by atoms with Crippen molar-refractivity contribution in [3.63, 3.8) is 0 Å². The van der Waals surface area contributed by atoms with Gasteiger partial charge in [-0.05, 0) is 44.7 Å². The van der Waals surface area contributed by atoms with Crippen LogP contribution in [0.1, 0.15) is 52.7 Å². The number of aliphatic imine (C=N–C) groups is 1. The molecule has 0 aliphatic heterocycles. The van der Waals surface area contributed by atoms with Gasteiger partial charge >= 0.3 is 0 Å². The summed E-state index contributed by atoms with van der Waals surface area (Å²) >= 11 is 0. The molecule has 0 radical (unpaired) electrons. The first-order valence-electron chi connectivity index (χ1n) is 8.66. The zero-order valence-electron chi connectivity index (χ0n) is 15.5. The van der Waals surface area contributed by atoms with E-state index in [4.69, 9.17) is 4.74 Å². The Bertz CT molecular complexity index is 466. The lowest BCUT2D eigenvalue weighted by molar-refractivity contribution is 0.0657. The SMILES string of the molecule is CCNC(=NCc1ccc(COC(C)C)cc1)NC(C)C(C)C. The van der Waals surface area contributed by atoms with Gasteiger partial charge in [-0.25, -0.2) is 4.99 Å². The zero-order chi connectivity index (χ0) is 17.2. The van der Waals surface area contributed by atoms with Crippen molar-refractivity contribution < 1.29 is 4.74 Å². The molecule has 0 heterocycles. The van der Waals surface area contributed by atoms with Gasteiger partial charge in [0.1, 0.15) is 0 Å². The second-order valence-corrected chi connectivity index (χ2v) is 6.55. The molecule has 0 bridgehead atoms. The number of hydrogen-bond donors (Lipinski definition) is 2. The van der Waals surface area contributed by atoms with Crippen LogP contribution in [0.3, 0.4) is 0 Å². The predicted octanol–water partition coefficient (Wildman–Crippen LogP) is 3.71. The molecule has 0 amide bonds. The number of rotatable bonds is 8. The van der Waals surface area contributed by atoms with E-state index in [1.807, 2.05) is 0 Å². The van der Waals surface area contributed by atoms with Crippen molar-refractivity contribution in [3.8, 4) is 0 Å². The van der Waals surface area contributed by atoms with Crippen LogP contribution in [0.2, 0.25) is 0 Å². The molecule has 1 rings (SSSR count). The molecule has 0 saturated carbocycles. The van der Waals surface area contributed by atoms with Crippen LogP contribution in [0.5, 0.6) is 0 Å². The standard InChI is InChI=1S/C19H33N3O/c1-7-20-19(22-16(6)14(2)3)21-12-17-8-10-18(11-9-17)13-23-15(4)5/h8-11,14-16H,7,12-13H2,1-6H3,(H2,20,21,22). The summed E-state index contributed by atoms with van der Waals surface area (Å²) in [7, 11) is 0. The molecule has 0 fully saturated rings. The van der Waals surface area contributed by atoms with E-state index in [1.54, 1.807) is 0 Å². The molecule has 4 nitrogen and oxygen atoms in total. The quantitative estimate of drug-likeness (QED) is 0.567. The molecule has 1 atom stereocenters. The summed E-state index contributed by atoms with van der Waals surface area (Å²) in [5, 5.41) is 6.75. The van der Waals surface area contributed by atoms with E-state index >= 15 is 0 Å². The molecular weight excluding hydrogens is 286 g/mol. The fourth-order valence-electron chi connectivity index (χ4n) is 1.88. The highest BCUT2D eigenvalue weighted by Crippen LogP contribution is 2.08. The molecular formula is C19H33N3O. The van der Waals surface area contributed by atoms with Crippen LogP contribution >= 0.6 is 0 Å². The maximum atomic E-state index is 5.62. The topological polar surface area (TPSA) is 45.7 Å². The summed E-state index contributed by atoms with van der Waals surface area (Å²) < 4.78 is 5.62. The van der Waals surface area contributed by atoms with Gasteiger partial charge in [0.25, 0.3) is 0 Å². The Morgan fingerprint density at radius 1 is 1.04 bits per heavy atom. The minimum absolute atomic E-state index is 0.260. The summed E-state index contributed by atoms with van der Waals surface area (Å²) in [6.45, 7) is 15.0. The van der Waals surface area contributed by atoms with Crippen LogP contribution in [0, 0.1) is 5.92 Å². The summed E-state index contributed by atoms with van der Waals surface area (Å²) in [4.78, 5) is 4.67. The van der Waals surface area contributed by atoms with E-state index < -0.39 is 0 Å². The minimum Gasteiger partial charge on any atom is -0.374 e. The number of benzene rings is 1. The van der Waals surface area contributed by atoms with Gasteiger partial charge in [0.05, 0.1) is 19.3 Å². The largest absolute Gasteiger partial charge is 0.374 e. The van der Waals surface area contributed by atoms with Crippen molar-refractivity contribution in [2.24, 2.45) is 10.9 Å². The molecule has 2 N–H and O–H groups in total. The minimum atomic E-state index is 0.260. The van der Waals surface area contributed by atoms with Crippen molar-refractivity contribution in [3.05, 3.63) is 35.4 Å². The Labute approximate surface area is 141 Å². The second-order valence-electron chi connectivity index (χ2n) is 6.55. The molecule has 4 heteroatoms. The number of nitrogens with one attached hydrogen (secondary N) is 2. The molecule has 1 aromatic carbocycles. The molecule has 1 aromatic rings. The Morgan fingerprint density at radius 2 is 1.65 bits per heavy atom. The van der Waals surface area contributed by atoms with Gasteiger partial charge < -0.3 is 15.4 Å². The molecule has 23 heavy (non-hydrogen) atoms. The van der Waals surface area contributed by atoms with Crippen molar-refractivity contribution in [2.75, 3.05) is 6.54 Å². The Hall–Kier alpha value is -1.55. The highest BCUT2D eigenvalue weighted by Gasteiger charge is 2.08. The van der Waals surface area contributed by atoms with Crippen molar-refractivity contribution in [2.45, 2.75) is 66.8 Å². The second kappa shape index (κ2) is 10.3. The van der Waals surface area contributed by atoms with Crippen LogP contribution in [-0.2, 0) is 17.9 Å². The highest BCUT2D eigenvalue weighted by atomic mass is 16.5. The molecule has 0 aliphatic carbocycles. The smallest absolute Gasteiger partial charge is 0.191 e. The summed E-state index contributed by atoms with van der Waals surface area (Å²) in [6, 6.07) is 8.87. The summed E-state index contributed by atoms with van der Waals surface area (Å²) in [6.07, 6.45) is 0.260. The van der Waals surface area contributed by atoms with Crippen molar-refractivity contribution in [1.29, 1.82) is 0 Å². The molecule has 0 aliphatic rings. The van der Waals surface area contributed by atoms with E-state index in [0.717, 1.165) is 12.5 Å². The average molecular weight is 319 g/mol. The third kappa shape index (κ3) is 8.03. The maximum absolute atomic E-state index is 5.62. The van der Waals surface area contributed by atoms with Crippen LogP contribution in [-0.4, -0.2) is 24.7 Å². The molecule has 1 unspecified atom stereocenters. The van der Waals surface area contributed by atoms with Gasteiger partial charge in [0.15, 0.2) is 5.96 Å². The van der Waals surface area contributed by atoms with Crippen LogP contribution in [0.4, 0.5) is 0 Å². The third-order valence-corrected chi connectivity index (χ3v) is 3.73. The Balaban J connectivity index is 2.61. The highest BCUT2D eigenvalue weighted by molar-refractivity contribution is 5.80. The van der Waals surface area contributed by atoms with Gasteiger partial charge in [-0.1, -0.05) is 38.1 Å². The normalized spacial score (nSPS) is 13.5. The van der Waals surface area contributed by atoms with E-state index in [2.05, 4.69) is 81.4 Å². The van der Waals surface area contributed by atoms with Gasteiger partial charge in [-0.15, -0.1) is 0 Å². The van der Waals surface area contributed by atoms with Gasteiger partial charge in [-0.3, -0.25) is 0 Å². The fraction of sp³-hybridized carbons (Fsp3) is 0.632. The van der Waals surface area contributed by atoms with Gasteiger partial charge in [-0.2, -0.15) is 0 Å². The number of nitrogens with zero attached hydrogens (tertiary/aromatic N) is 1. The average Bonchev–Trinajstić information content (AvgIpc) is 2.51. The lowest BCUT2D eigenvalue weighted by Gasteiger charge is -2.20. The molecule has 0 saturated heterocycles. The summed E-state index contributed by atoms with van der Waals surface area (Å²) in [5.74, 6) is 1.44. The van der Waals surface area contributed by atoms with Crippen LogP contribution < -0.4 is 10.6 Å². The van der Waals surface area contributed by atoms with Crippen molar-refractivity contribution in [1.82, 2.24) is 10.6 Å². The lowest BCUT2D eigenvalue weighted by atomic mass is 10.1. The van der Waals surface area contributed by atoms with Crippen LogP contribution in [0.25, 0.3) is 0 Å². The third-order valence-electron chi connectivity index (χ3n) is 3.73. The monoisotopic (exact) mass is 319 g/mol. The first kappa shape index (κ1) is 19.5. The van der Waals surface area contributed by atoms with Crippen molar-refractivity contribution >= 4 is 5.96 Å². The van der Waals surface area contributed by atoms with E-state index in [-0.39, 0.29) is 6.10 Å². The number of hydrogen-bond acceptors (Lipinski definition) is 2. The van der Waals surface area contributed by atoms with E-state index in [1.165, 1.54) is 11.1 Å². The molecule has 0 spiro atoms. The molecule has 130 valence electrons. The van der Waals surface area contributed by atoms with Gasteiger partial charge in [0.2, 0.25) is 0 Å². The lowest BCUT2D eigenvalue weighted by Crippen LogP contribution is -2.44. The summed E-state index contributed by atoms with van der Waals surface area (Å²) in [5.41, 5.74) is 2.40. The first-order chi connectivity index (χ1) is 10.9. The first-order valence-corrected chi connectivity index (χ1v) is 8.66. The van der Waals surface area contributed by atoms with E-state index in [9.17, 15) is 0 Å². The van der Waals surface area contributed by atoms with Crippen LogP contribution in [0.15, 0.2) is 29.3 Å². The van der Waals surface area contributed by atoms with Gasteiger partial charge in [0, 0.05) is 12.6 Å². The number of ether oxygens (including phenoxy) is 1. The Kier molecular flexibility index (Phi) is 8.70. The zero-order valence-corrected chi connectivity index (χ0v) is 15.5.